The Labute approximate surface area is 129 Å². The molecule has 0 radical (unpaired) electrons. The molecule has 0 aliphatic heterocycles. The van der Waals surface area contributed by atoms with Gasteiger partial charge in [0.15, 0.2) is 0 Å². The number of rotatable bonds is 6. The van der Waals surface area contributed by atoms with Gasteiger partial charge in [0.2, 0.25) is 0 Å². The van der Waals surface area contributed by atoms with Crippen LogP contribution in [0.5, 0.6) is 5.75 Å². The summed E-state index contributed by atoms with van der Waals surface area (Å²) in [5.41, 5.74) is 1.49. The minimum Gasteiger partial charge on any atom is -0.508 e. The van der Waals surface area contributed by atoms with E-state index in [4.69, 9.17) is 9.84 Å². The zero-order chi connectivity index (χ0) is 15.9. The monoisotopic (exact) mass is 307 g/mol. The average Bonchev–Trinajstić information content (AvgIpc) is 2.96. The highest BCUT2D eigenvalue weighted by atomic mass is 16.6. The van der Waals surface area contributed by atoms with E-state index in [1.807, 2.05) is 0 Å². The van der Waals surface area contributed by atoms with Crippen LogP contribution in [-0.2, 0) is 22.5 Å². The van der Waals surface area contributed by atoms with Gasteiger partial charge in [-0.2, -0.15) is 0 Å². The Bertz CT molecular complexity index is 537. The van der Waals surface area contributed by atoms with Crippen molar-refractivity contribution < 1.29 is 24.5 Å². The van der Waals surface area contributed by atoms with Crippen molar-refractivity contribution in [2.24, 2.45) is 0 Å². The number of aliphatic carboxylic acids is 1. The Hall–Kier alpha value is -2.24. The summed E-state index contributed by atoms with van der Waals surface area (Å²) in [7, 11) is 0. The molecule has 1 amide bonds. The Kier molecular flexibility index (Phi) is 5.63. The van der Waals surface area contributed by atoms with Crippen LogP contribution in [0.3, 0.4) is 0 Å². The zero-order valence-corrected chi connectivity index (χ0v) is 12.4. The molecule has 6 heteroatoms. The van der Waals surface area contributed by atoms with Gasteiger partial charge in [-0.3, -0.25) is 4.79 Å². The predicted molar refractivity (Wildman–Crippen MR) is 79.6 cm³/mol. The SMILES string of the molecule is O=C(O)CCc1ccc(O)cc1CNC(=O)OC1CCCC1. The molecule has 0 spiro atoms. The van der Waals surface area contributed by atoms with Gasteiger partial charge in [-0.05, 0) is 55.4 Å². The largest absolute Gasteiger partial charge is 0.508 e. The van der Waals surface area contributed by atoms with Crippen molar-refractivity contribution in [3.8, 4) is 5.75 Å². The molecule has 1 aliphatic rings. The van der Waals surface area contributed by atoms with Gasteiger partial charge in [-0.25, -0.2) is 4.79 Å². The molecule has 1 aromatic carbocycles. The van der Waals surface area contributed by atoms with Crippen LogP contribution in [0.4, 0.5) is 4.79 Å². The maximum atomic E-state index is 11.7. The molecule has 2 rings (SSSR count). The van der Waals surface area contributed by atoms with Crippen LogP contribution in [0, 0.1) is 0 Å². The maximum absolute atomic E-state index is 11.7. The first-order valence-corrected chi connectivity index (χ1v) is 7.51. The molecule has 1 saturated carbocycles. The van der Waals surface area contributed by atoms with Gasteiger partial charge in [-0.15, -0.1) is 0 Å². The van der Waals surface area contributed by atoms with Gasteiger partial charge in [0.1, 0.15) is 11.9 Å². The molecule has 0 heterocycles. The van der Waals surface area contributed by atoms with Gasteiger partial charge in [0.05, 0.1) is 0 Å². The molecule has 1 aromatic rings. The summed E-state index contributed by atoms with van der Waals surface area (Å²) in [6.07, 6.45) is 3.87. The first-order valence-electron chi connectivity index (χ1n) is 7.51. The third-order valence-electron chi connectivity index (χ3n) is 3.80. The molecule has 3 N–H and O–H groups in total. The average molecular weight is 307 g/mol. The standard InChI is InChI=1S/C16H21NO5/c18-13-7-5-11(6-8-15(19)20)12(9-13)10-17-16(21)22-14-3-1-2-4-14/h5,7,9,14,18H,1-4,6,8,10H2,(H,17,21)(H,19,20). The van der Waals surface area contributed by atoms with Gasteiger partial charge >= 0.3 is 12.1 Å². The van der Waals surface area contributed by atoms with Crippen molar-refractivity contribution >= 4 is 12.1 Å². The third-order valence-corrected chi connectivity index (χ3v) is 3.80. The Morgan fingerprint density at radius 3 is 2.64 bits per heavy atom. The molecule has 1 fully saturated rings. The number of alkyl carbamates (subject to hydrolysis) is 1. The molecule has 22 heavy (non-hydrogen) atoms. The summed E-state index contributed by atoms with van der Waals surface area (Å²) >= 11 is 0. The molecule has 1 aliphatic carbocycles. The number of carbonyl (C=O) groups excluding carboxylic acids is 1. The topological polar surface area (TPSA) is 95.9 Å². The number of phenolic OH excluding ortho intramolecular Hbond substituents is 1. The fraction of sp³-hybridized carbons (Fsp3) is 0.500. The second-order valence-electron chi connectivity index (χ2n) is 5.51. The van der Waals surface area contributed by atoms with Gasteiger partial charge in [0.25, 0.3) is 0 Å². The van der Waals surface area contributed by atoms with Crippen LogP contribution < -0.4 is 5.32 Å². The number of nitrogens with one attached hydrogen (secondary N) is 1. The number of phenols is 1. The Morgan fingerprint density at radius 1 is 1.23 bits per heavy atom. The summed E-state index contributed by atoms with van der Waals surface area (Å²) in [6.45, 7) is 0.203. The summed E-state index contributed by atoms with van der Waals surface area (Å²) in [5, 5.41) is 21.0. The predicted octanol–water partition coefficient (Wildman–Crippen LogP) is 2.58. The maximum Gasteiger partial charge on any atom is 0.407 e. The van der Waals surface area contributed by atoms with Gasteiger partial charge in [-0.1, -0.05) is 6.07 Å². The molecular weight excluding hydrogens is 286 g/mol. The van der Waals surface area contributed by atoms with E-state index in [9.17, 15) is 14.7 Å². The molecule has 0 saturated heterocycles. The fourth-order valence-corrected chi connectivity index (χ4v) is 2.63. The lowest BCUT2D eigenvalue weighted by atomic mass is 10.0. The number of carboxylic acids is 1. The third kappa shape index (κ3) is 4.95. The number of aryl methyl sites for hydroxylation is 1. The van der Waals surface area contributed by atoms with Crippen molar-refractivity contribution in [2.75, 3.05) is 0 Å². The second kappa shape index (κ2) is 7.68. The second-order valence-corrected chi connectivity index (χ2v) is 5.51. The summed E-state index contributed by atoms with van der Waals surface area (Å²) in [6, 6.07) is 4.72. The van der Waals surface area contributed by atoms with E-state index in [1.54, 1.807) is 6.07 Å². The molecular formula is C16H21NO5. The number of amides is 1. The lowest BCUT2D eigenvalue weighted by molar-refractivity contribution is -0.136. The number of aromatic hydroxyl groups is 1. The van der Waals surface area contributed by atoms with Crippen molar-refractivity contribution in [1.82, 2.24) is 5.32 Å². The van der Waals surface area contributed by atoms with Crippen LogP contribution in [-0.4, -0.2) is 28.4 Å². The zero-order valence-electron chi connectivity index (χ0n) is 12.4. The van der Waals surface area contributed by atoms with Crippen molar-refractivity contribution in [1.29, 1.82) is 0 Å². The van der Waals surface area contributed by atoms with Gasteiger partial charge in [0, 0.05) is 13.0 Å². The summed E-state index contributed by atoms with van der Waals surface area (Å²) < 4.78 is 5.29. The van der Waals surface area contributed by atoms with E-state index in [1.165, 1.54) is 12.1 Å². The highest BCUT2D eigenvalue weighted by molar-refractivity contribution is 5.68. The number of carboxylic acid groups (broad SMARTS) is 1. The number of hydrogen-bond donors (Lipinski definition) is 3. The summed E-state index contributed by atoms with van der Waals surface area (Å²) in [4.78, 5) is 22.4. The summed E-state index contributed by atoms with van der Waals surface area (Å²) in [5.74, 6) is -0.798. The molecule has 0 aromatic heterocycles. The minimum atomic E-state index is -0.882. The van der Waals surface area contributed by atoms with Crippen molar-refractivity contribution in [3.63, 3.8) is 0 Å². The molecule has 0 bridgehead atoms. The number of hydrogen-bond acceptors (Lipinski definition) is 4. The number of ether oxygens (including phenoxy) is 1. The quantitative estimate of drug-likeness (QED) is 0.750. The lowest BCUT2D eigenvalue weighted by Gasteiger charge is -2.14. The van der Waals surface area contributed by atoms with E-state index in [-0.39, 0.29) is 24.8 Å². The highest BCUT2D eigenvalue weighted by Crippen LogP contribution is 2.21. The van der Waals surface area contributed by atoms with Gasteiger partial charge < -0.3 is 20.3 Å². The van der Waals surface area contributed by atoms with Crippen LogP contribution in [0.1, 0.15) is 43.2 Å². The van der Waals surface area contributed by atoms with Crippen molar-refractivity contribution in [2.45, 2.75) is 51.2 Å². The smallest absolute Gasteiger partial charge is 0.407 e. The van der Waals surface area contributed by atoms with Crippen LogP contribution in [0.15, 0.2) is 18.2 Å². The van der Waals surface area contributed by atoms with E-state index in [2.05, 4.69) is 5.32 Å². The first kappa shape index (κ1) is 16.1. The molecule has 0 atom stereocenters. The molecule has 0 unspecified atom stereocenters. The van der Waals surface area contributed by atoms with E-state index >= 15 is 0 Å². The minimum absolute atomic E-state index is 0.00402. The lowest BCUT2D eigenvalue weighted by Crippen LogP contribution is -2.27. The Balaban J connectivity index is 1.90. The van der Waals surface area contributed by atoms with Crippen molar-refractivity contribution in [3.05, 3.63) is 29.3 Å². The van der Waals surface area contributed by atoms with Crippen LogP contribution >= 0.6 is 0 Å². The number of carbonyl (C=O) groups is 2. The highest BCUT2D eigenvalue weighted by Gasteiger charge is 2.19. The number of benzene rings is 1. The molecule has 6 nitrogen and oxygen atoms in total. The van der Waals surface area contributed by atoms with Crippen LogP contribution in [0.25, 0.3) is 0 Å². The first-order chi connectivity index (χ1) is 10.5. The molecule has 120 valence electrons. The normalized spacial score (nSPS) is 14.7. The van der Waals surface area contributed by atoms with Crippen LogP contribution in [0.2, 0.25) is 0 Å². The fourth-order valence-electron chi connectivity index (χ4n) is 2.63. The van der Waals surface area contributed by atoms with E-state index < -0.39 is 12.1 Å². The van der Waals surface area contributed by atoms with E-state index in [0.29, 0.717) is 12.0 Å². The van der Waals surface area contributed by atoms with E-state index in [0.717, 1.165) is 31.2 Å². The Morgan fingerprint density at radius 2 is 1.95 bits per heavy atom.